The number of aromatic carboxylic acids is 1. The number of aromatic nitrogens is 3. The van der Waals surface area contributed by atoms with E-state index in [1.165, 1.54) is 12.1 Å². The van der Waals surface area contributed by atoms with Crippen molar-refractivity contribution in [1.82, 2.24) is 14.6 Å². The fraction of sp³-hybridized carbons (Fsp3) is 0.190. The van der Waals surface area contributed by atoms with E-state index in [4.69, 9.17) is 4.98 Å². The van der Waals surface area contributed by atoms with Crippen LogP contribution in [0, 0.1) is 11.6 Å². The first-order chi connectivity index (χ1) is 14.0. The molecule has 5 rings (SSSR count). The minimum absolute atomic E-state index is 0.153. The lowest BCUT2D eigenvalue weighted by molar-refractivity contribution is 0.0697. The summed E-state index contributed by atoms with van der Waals surface area (Å²) >= 11 is 0. The number of rotatable bonds is 3. The zero-order valence-corrected chi connectivity index (χ0v) is 15.2. The molecule has 8 heteroatoms. The van der Waals surface area contributed by atoms with Gasteiger partial charge in [-0.3, -0.25) is 0 Å². The van der Waals surface area contributed by atoms with Crippen LogP contribution >= 0.6 is 0 Å². The Morgan fingerprint density at radius 2 is 2.00 bits per heavy atom. The van der Waals surface area contributed by atoms with E-state index >= 15 is 0 Å². The van der Waals surface area contributed by atoms with E-state index in [2.05, 4.69) is 5.10 Å². The van der Waals surface area contributed by atoms with E-state index in [0.717, 1.165) is 18.6 Å². The summed E-state index contributed by atoms with van der Waals surface area (Å²) in [4.78, 5) is 18.0. The van der Waals surface area contributed by atoms with Crippen molar-refractivity contribution in [3.05, 3.63) is 71.4 Å². The van der Waals surface area contributed by atoms with Gasteiger partial charge < -0.3 is 10.0 Å². The number of nitrogens with zero attached hydrogens (tertiary/aromatic N) is 4. The third-order valence-corrected chi connectivity index (χ3v) is 5.37. The SMILES string of the molecule is O=C(O)c1ccc2nn3ccc(N4CCC[C@@H]4c4cc(F)ccc4F)nc3c2c1. The molecule has 1 saturated heterocycles. The molecule has 4 aromatic rings. The molecule has 1 aliphatic rings. The number of carboxylic acid groups (broad SMARTS) is 1. The highest BCUT2D eigenvalue weighted by atomic mass is 19.1. The van der Waals surface area contributed by atoms with Gasteiger partial charge in [0.1, 0.15) is 17.5 Å². The normalized spacial score (nSPS) is 16.8. The lowest BCUT2D eigenvalue weighted by Crippen LogP contribution is -2.24. The second-order valence-electron chi connectivity index (χ2n) is 7.11. The van der Waals surface area contributed by atoms with Crippen LogP contribution in [0.5, 0.6) is 0 Å². The maximum absolute atomic E-state index is 14.4. The number of halogens is 2. The number of fused-ring (bicyclic) bond motifs is 3. The van der Waals surface area contributed by atoms with Crippen molar-refractivity contribution >= 4 is 28.3 Å². The largest absolute Gasteiger partial charge is 0.478 e. The Morgan fingerprint density at radius 1 is 1.14 bits per heavy atom. The Labute approximate surface area is 164 Å². The van der Waals surface area contributed by atoms with Gasteiger partial charge in [-0.1, -0.05) is 0 Å². The van der Waals surface area contributed by atoms with Crippen molar-refractivity contribution in [3.63, 3.8) is 0 Å². The van der Waals surface area contributed by atoms with Crippen molar-refractivity contribution < 1.29 is 18.7 Å². The highest BCUT2D eigenvalue weighted by Gasteiger charge is 2.30. The lowest BCUT2D eigenvalue weighted by atomic mass is 10.0. The lowest BCUT2D eigenvalue weighted by Gasteiger charge is -2.26. The molecule has 1 N–H and O–H groups in total. The van der Waals surface area contributed by atoms with Crippen LogP contribution in [0.1, 0.15) is 34.8 Å². The van der Waals surface area contributed by atoms with Gasteiger partial charge in [0, 0.05) is 23.7 Å². The fourth-order valence-corrected chi connectivity index (χ4v) is 4.01. The monoisotopic (exact) mass is 394 g/mol. The number of hydrogen-bond donors (Lipinski definition) is 1. The Kier molecular flexibility index (Phi) is 3.94. The van der Waals surface area contributed by atoms with Crippen molar-refractivity contribution in [3.8, 4) is 0 Å². The number of hydrogen-bond acceptors (Lipinski definition) is 4. The second kappa shape index (κ2) is 6.51. The topological polar surface area (TPSA) is 70.7 Å². The van der Waals surface area contributed by atoms with E-state index in [1.807, 2.05) is 4.90 Å². The van der Waals surface area contributed by atoms with E-state index in [9.17, 15) is 18.7 Å². The molecule has 146 valence electrons. The van der Waals surface area contributed by atoms with E-state index in [-0.39, 0.29) is 11.6 Å². The van der Waals surface area contributed by atoms with Crippen LogP contribution in [0.15, 0.2) is 48.7 Å². The molecule has 1 atom stereocenters. The van der Waals surface area contributed by atoms with Crippen LogP contribution in [0.2, 0.25) is 0 Å². The molecule has 0 saturated carbocycles. The molecule has 2 aromatic heterocycles. The average Bonchev–Trinajstić information content (AvgIpc) is 3.33. The minimum atomic E-state index is -1.02. The number of benzene rings is 2. The smallest absolute Gasteiger partial charge is 0.335 e. The van der Waals surface area contributed by atoms with Crippen molar-refractivity contribution in [2.75, 3.05) is 11.4 Å². The summed E-state index contributed by atoms with van der Waals surface area (Å²) in [6.45, 7) is 0.663. The molecule has 1 aliphatic heterocycles. The van der Waals surface area contributed by atoms with E-state index < -0.39 is 17.6 Å². The summed E-state index contributed by atoms with van der Waals surface area (Å²) in [5.74, 6) is -1.32. The Morgan fingerprint density at radius 3 is 2.83 bits per heavy atom. The third kappa shape index (κ3) is 2.88. The fourth-order valence-electron chi connectivity index (χ4n) is 4.01. The van der Waals surface area contributed by atoms with Crippen LogP contribution in [0.25, 0.3) is 16.6 Å². The van der Waals surface area contributed by atoms with E-state index in [0.29, 0.717) is 40.9 Å². The highest BCUT2D eigenvalue weighted by Crippen LogP contribution is 2.37. The Hall–Kier alpha value is -3.55. The van der Waals surface area contributed by atoms with Crippen molar-refractivity contribution in [1.29, 1.82) is 0 Å². The molecule has 0 unspecified atom stereocenters. The molecular weight excluding hydrogens is 378 g/mol. The third-order valence-electron chi connectivity index (χ3n) is 5.37. The van der Waals surface area contributed by atoms with Crippen LogP contribution in [0.3, 0.4) is 0 Å². The highest BCUT2D eigenvalue weighted by molar-refractivity contribution is 5.98. The number of anilines is 1. The summed E-state index contributed by atoms with van der Waals surface area (Å²) in [5.41, 5.74) is 1.62. The standard InChI is InChI=1S/C21H16F2N4O2/c22-13-4-5-16(23)14(11-13)18-2-1-8-26(18)19-7-9-27-20(24-19)15-10-12(21(28)29)3-6-17(15)25-27/h3-7,9-11,18H,1-2,8H2,(H,28,29)/t18-/m1/s1. The van der Waals surface area contributed by atoms with Gasteiger partial charge in [0.2, 0.25) is 0 Å². The van der Waals surface area contributed by atoms with Gasteiger partial charge in [-0.2, -0.15) is 5.10 Å². The van der Waals surface area contributed by atoms with Crippen molar-refractivity contribution in [2.45, 2.75) is 18.9 Å². The van der Waals surface area contributed by atoms with Crippen LogP contribution in [-0.2, 0) is 0 Å². The van der Waals surface area contributed by atoms with Gasteiger partial charge in [-0.25, -0.2) is 23.1 Å². The van der Waals surface area contributed by atoms with Gasteiger partial charge in [-0.15, -0.1) is 0 Å². The van der Waals surface area contributed by atoms with Crippen LogP contribution < -0.4 is 4.90 Å². The maximum atomic E-state index is 14.4. The maximum Gasteiger partial charge on any atom is 0.335 e. The summed E-state index contributed by atoms with van der Waals surface area (Å²) in [6.07, 6.45) is 3.27. The zero-order valence-electron chi connectivity index (χ0n) is 15.2. The summed E-state index contributed by atoms with van der Waals surface area (Å²) in [5, 5.41) is 14.3. The molecule has 0 spiro atoms. The zero-order chi connectivity index (χ0) is 20.1. The first-order valence-electron chi connectivity index (χ1n) is 9.25. The van der Waals surface area contributed by atoms with Gasteiger partial charge in [-0.05, 0) is 55.3 Å². The van der Waals surface area contributed by atoms with Gasteiger partial charge >= 0.3 is 5.97 Å². The molecule has 29 heavy (non-hydrogen) atoms. The first-order valence-corrected chi connectivity index (χ1v) is 9.25. The first kappa shape index (κ1) is 17.5. The van der Waals surface area contributed by atoms with Crippen LogP contribution in [0.4, 0.5) is 14.6 Å². The van der Waals surface area contributed by atoms with Gasteiger partial charge in [0.05, 0.1) is 17.1 Å². The van der Waals surface area contributed by atoms with Crippen molar-refractivity contribution in [2.24, 2.45) is 0 Å². The molecule has 0 aliphatic carbocycles. The number of carbonyl (C=O) groups is 1. The predicted octanol–water partition coefficient (Wildman–Crippen LogP) is 4.20. The summed E-state index contributed by atoms with van der Waals surface area (Å²) in [7, 11) is 0. The molecular formula is C21H16F2N4O2. The Balaban J connectivity index is 1.62. The molecule has 2 aromatic carbocycles. The molecule has 0 radical (unpaired) electrons. The summed E-state index contributed by atoms with van der Waals surface area (Å²) in [6, 6.07) is 9.66. The Bertz CT molecular complexity index is 1270. The summed E-state index contributed by atoms with van der Waals surface area (Å²) < 4.78 is 29.7. The molecule has 3 heterocycles. The molecule has 0 bridgehead atoms. The molecule has 0 amide bonds. The minimum Gasteiger partial charge on any atom is -0.478 e. The van der Waals surface area contributed by atoms with Gasteiger partial charge in [0.25, 0.3) is 0 Å². The molecule has 1 fully saturated rings. The average molecular weight is 394 g/mol. The van der Waals surface area contributed by atoms with Crippen LogP contribution in [-0.4, -0.2) is 32.2 Å². The second-order valence-corrected chi connectivity index (χ2v) is 7.11. The number of carboxylic acids is 1. The quantitative estimate of drug-likeness (QED) is 0.564. The predicted molar refractivity (Wildman–Crippen MR) is 103 cm³/mol. The molecule has 6 nitrogen and oxygen atoms in total. The van der Waals surface area contributed by atoms with Gasteiger partial charge in [0.15, 0.2) is 5.65 Å². The van der Waals surface area contributed by atoms with E-state index in [1.54, 1.807) is 28.9 Å².